The molecule has 2 unspecified atom stereocenters. The molecule has 0 saturated carbocycles. The van der Waals surface area contributed by atoms with Crippen LogP contribution in [-0.4, -0.2) is 29.9 Å². The van der Waals surface area contributed by atoms with Gasteiger partial charge in [-0.1, -0.05) is 18.5 Å². The summed E-state index contributed by atoms with van der Waals surface area (Å²) >= 11 is 8.17. The Kier molecular flexibility index (Phi) is 5.09. The van der Waals surface area contributed by atoms with Crippen LogP contribution in [0.3, 0.4) is 0 Å². The first-order chi connectivity index (χ1) is 9.02. The fraction of sp³-hybridized carbons (Fsp3) is 0.500. The molecule has 0 aliphatic carbocycles. The minimum atomic E-state index is 0.0502. The molecule has 1 heterocycles. The third-order valence-corrected chi connectivity index (χ3v) is 4.85. The first-order valence-corrected chi connectivity index (χ1v) is 7.94. The topological polar surface area (TPSA) is 46.3 Å². The predicted octanol–water partition coefficient (Wildman–Crippen LogP) is 3.14. The summed E-state index contributed by atoms with van der Waals surface area (Å²) < 4.78 is 0.932. The molecule has 1 aromatic rings. The lowest BCUT2D eigenvalue weighted by Gasteiger charge is -2.38. The standard InChI is InChI=1S/C14H18ClIN2O/c1-9-4-5-18(11(6-9)8-17)14(19)12-7-10(15)2-3-13(12)16/h2-3,7,9,11H,4-6,8,17H2,1H3. The SMILES string of the molecule is CC1CCN(C(=O)c2cc(Cl)ccc2I)C(CN)C1. The molecular formula is C14H18ClIN2O. The van der Waals surface area contributed by atoms with Crippen LogP contribution in [0.2, 0.25) is 5.02 Å². The van der Waals surface area contributed by atoms with Crippen molar-refractivity contribution < 1.29 is 4.79 Å². The molecular weight excluding hydrogens is 375 g/mol. The van der Waals surface area contributed by atoms with E-state index in [4.69, 9.17) is 17.3 Å². The number of hydrogen-bond acceptors (Lipinski definition) is 2. The van der Waals surface area contributed by atoms with E-state index in [2.05, 4.69) is 29.5 Å². The number of carbonyl (C=O) groups is 1. The minimum absolute atomic E-state index is 0.0502. The maximum absolute atomic E-state index is 12.7. The average Bonchev–Trinajstić information content (AvgIpc) is 2.40. The van der Waals surface area contributed by atoms with Crippen molar-refractivity contribution in [2.75, 3.05) is 13.1 Å². The molecule has 19 heavy (non-hydrogen) atoms. The normalized spacial score (nSPS) is 23.5. The van der Waals surface area contributed by atoms with Crippen molar-refractivity contribution >= 4 is 40.1 Å². The number of rotatable bonds is 2. The molecule has 0 aromatic heterocycles. The lowest BCUT2D eigenvalue weighted by molar-refractivity contribution is 0.0572. The molecule has 1 amide bonds. The van der Waals surface area contributed by atoms with Gasteiger partial charge in [-0.05, 0) is 59.5 Å². The van der Waals surface area contributed by atoms with E-state index in [0.29, 0.717) is 23.0 Å². The molecule has 2 rings (SSSR count). The smallest absolute Gasteiger partial charge is 0.255 e. The first kappa shape index (κ1) is 15.1. The van der Waals surface area contributed by atoms with Crippen LogP contribution in [-0.2, 0) is 0 Å². The summed E-state index contributed by atoms with van der Waals surface area (Å²) in [6.07, 6.45) is 2.03. The number of amides is 1. The highest BCUT2D eigenvalue weighted by atomic mass is 127. The molecule has 1 aromatic carbocycles. The number of benzene rings is 1. The van der Waals surface area contributed by atoms with Crippen LogP contribution in [0.25, 0.3) is 0 Å². The second kappa shape index (κ2) is 6.41. The Labute approximate surface area is 132 Å². The van der Waals surface area contributed by atoms with Crippen LogP contribution in [0.1, 0.15) is 30.1 Å². The quantitative estimate of drug-likeness (QED) is 0.786. The second-order valence-corrected chi connectivity index (χ2v) is 6.74. The molecule has 0 bridgehead atoms. The molecule has 2 N–H and O–H groups in total. The van der Waals surface area contributed by atoms with Gasteiger partial charge in [0.25, 0.3) is 5.91 Å². The van der Waals surface area contributed by atoms with Gasteiger partial charge in [-0.15, -0.1) is 0 Å². The van der Waals surface area contributed by atoms with Crippen molar-refractivity contribution in [1.29, 1.82) is 0 Å². The van der Waals surface area contributed by atoms with E-state index in [9.17, 15) is 4.79 Å². The van der Waals surface area contributed by atoms with E-state index in [1.54, 1.807) is 12.1 Å². The largest absolute Gasteiger partial charge is 0.334 e. The number of hydrogen-bond donors (Lipinski definition) is 1. The van der Waals surface area contributed by atoms with Crippen molar-refractivity contribution in [1.82, 2.24) is 4.90 Å². The number of nitrogens with two attached hydrogens (primary N) is 1. The highest BCUT2D eigenvalue weighted by Crippen LogP contribution is 2.26. The van der Waals surface area contributed by atoms with Gasteiger partial charge in [0, 0.05) is 27.7 Å². The van der Waals surface area contributed by atoms with Crippen molar-refractivity contribution in [3.63, 3.8) is 0 Å². The summed E-state index contributed by atoms with van der Waals surface area (Å²) in [6, 6.07) is 5.57. The van der Waals surface area contributed by atoms with Crippen LogP contribution in [0.15, 0.2) is 18.2 Å². The molecule has 104 valence electrons. The number of nitrogens with zero attached hydrogens (tertiary/aromatic N) is 1. The molecule has 0 radical (unpaired) electrons. The van der Waals surface area contributed by atoms with Gasteiger partial charge in [0.15, 0.2) is 0 Å². The molecule has 0 spiro atoms. The molecule has 1 saturated heterocycles. The van der Waals surface area contributed by atoms with Crippen molar-refractivity contribution in [2.45, 2.75) is 25.8 Å². The van der Waals surface area contributed by atoms with E-state index in [0.717, 1.165) is 23.0 Å². The Morgan fingerprint density at radius 3 is 3.00 bits per heavy atom. The highest BCUT2D eigenvalue weighted by molar-refractivity contribution is 14.1. The van der Waals surface area contributed by atoms with Crippen LogP contribution in [0.4, 0.5) is 0 Å². The third kappa shape index (κ3) is 3.41. The first-order valence-electron chi connectivity index (χ1n) is 6.49. The van der Waals surface area contributed by atoms with Gasteiger partial charge in [-0.25, -0.2) is 0 Å². The van der Waals surface area contributed by atoms with E-state index >= 15 is 0 Å². The van der Waals surface area contributed by atoms with E-state index in [1.807, 2.05) is 11.0 Å². The Balaban J connectivity index is 2.25. The van der Waals surface area contributed by atoms with Crippen LogP contribution in [0, 0.1) is 9.49 Å². The molecule has 1 aliphatic rings. The summed E-state index contributed by atoms with van der Waals surface area (Å²) in [5, 5.41) is 0.596. The number of halogens is 2. The zero-order chi connectivity index (χ0) is 14.0. The minimum Gasteiger partial charge on any atom is -0.334 e. The van der Waals surface area contributed by atoms with Gasteiger partial charge in [0.05, 0.1) is 5.56 Å². The maximum atomic E-state index is 12.7. The van der Waals surface area contributed by atoms with Gasteiger partial charge in [0.1, 0.15) is 0 Å². The van der Waals surface area contributed by atoms with Gasteiger partial charge in [0.2, 0.25) is 0 Å². The summed E-state index contributed by atoms with van der Waals surface area (Å²) in [4.78, 5) is 14.6. The molecule has 1 aliphatic heterocycles. The van der Waals surface area contributed by atoms with Gasteiger partial charge in [-0.3, -0.25) is 4.79 Å². The molecule has 2 atom stereocenters. The Bertz CT molecular complexity index is 481. The Morgan fingerprint density at radius 2 is 2.32 bits per heavy atom. The lowest BCUT2D eigenvalue weighted by atomic mass is 9.92. The monoisotopic (exact) mass is 392 g/mol. The maximum Gasteiger partial charge on any atom is 0.255 e. The van der Waals surface area contributed by atoms with E-state index in [1.165, 1.54) is 0 Å². The van der Waals surface area contributed by atoms with Gasteiger partial charge >= 0.3 is 0 Å². The van der Waals surface area contributed by atoms with Crippen LogP contribution in [0.5, 0.6) is 0 Å². The molecule has 3 nitrogen and oxygen atoms in total. The summed E-state index contributed by atoms with van der Waals surface area (Å²) in [5.74, 6) is 0.685. The lowest BCUT2D eigenvalue weighted by Crippen LogP contribution is -2.49. The summed E-state index contributed by atoms with van der Waals surface area (Å²) in [5.41, 5.74) is 6.50. The highest BCUT2D eigenvalue weighted by Gasteiger charge is 2.30. The average molecular weight is 393 g/mol. The number of piperidine rings is 1. The third-order valence-electron chi connectivity index (χ3n) is 3.67. The van der Waals surface area contributed by atoms with E-state index < -0.39 is 0 Å². The fourth-order valence-electron chi connectivity index (χ4n) is 2.56. The summed E-state index contributed by atoms with van der Waals surface area (Å²) in [7, 11) is 0. The van der Waals surface area contributed by atoms with Gasteiger partial charge < -0.3 is 10.6 Å². The Morgan fingerprint density at radius 1 is 1.58 bits per heavy atom. The molecule has 5 heteroatoms. The second-order valence-electron chi connectivity index (χ2n) is 5.14. The number of likely N-dealkylation sites (tertiary alicyclic amines) is 1. The zero-order valence-corrected chi connectivity index (χ0v) is 13.8. The predicted molar refractivity (Wildman–Crippen MR) is 86.4 cm³/mol. The van der Waals surface area contributed by atoms with Crippen molar-refractivity contribution in [3.8, 4) is 0 Å². The van der Waals surface area contributed by atoms with Crippen molar-refractivity contribution in [3.05, 3.63) is 32.4 Å². The zero-order valence-electron chi connectivity index (χ0n) is 10.9. The van der Waals surface area contributed by atoms with Gasteiger partial charge in [-0.2, -0.15) is 0 Å². The van der Waals surface area contributed by atoms with Crippen LogP contribution >= 0.6 is 34.2 Å². The van der Waals surface area contributed by atoms with Crippen LogP contribution < -0.4 is 5.73 Å². The molecule has 1 fully saturated rings. The number of carbonyl (C=O) groups excluding carboxylic acids is 1. The fourth-order valence-corrected chi connectivity index (χ4v) is 3.30. The van der Waals surface area contributed by atoms with Crippen molar-refractivity contribution in [2.24, 2.45) is 11.7 Å². The Hall–Kier alpha value is -0.330. The summed E-state index contributed by atoms with van der Waals surface area (Å²) in [6.45, 7) is 3.52. The van der Waals surface area contributed by atoms with E-state index in [-0.39, 0.29) is 11.9 Å².